The maximum atomic E-state index is 12.8. The second-order valence-electron chi connectivity index (χ2n) is 8.67. The van der Waals surface area contributed by atoms with Crippen molar-refractivity contribution in [2.45, 2.75) is 52.6 Å². The van der Waals surface area contributed by atoms with E-state index in [0.29, 0.717) is 46.3 Å². The Hall–Kier alpha value is -3.80. The number of anilines is 2. The largest absolute Gasteiger partial charge is 0.481 e. The van der Waals surface area contributed by atoms with Crippen molar-refractivity contribution in [2.24, 2.45) is 11.8 Å². The molecule has 3 aromatic heterocycles. The molecule has 3 N–H and O–H groups in total. The lowest BCUT2D eigenvalue weighted by Gasteiger charge is -2.27. The van der Waals surface area contributed by atoms with Crippen molar-refractivity contribution in [3.63, 3.8) is 0 Å². The molecule has 190 valence electrons. The zero-order valence-corrected chi connectivity index (χ0v) is 20.9. The van der Waals surface area contributed by atoms with Gasteiger partial charge in [0.15, 0.2) is 6.10 Å². The molecule has 1 aliphatic carbocycles. The summed E-state index contributed by atoms with van der Waals surface area (Å²) in [5.74, 6) is -2.29. The van der Waals surface area contributed by atoms with Crippen molar-refractivity contribution in [1.29, 1.82) is 0 Å². The van der Waals surface area contributed by atoms with Crippen molar-refractivity contribution in [3.8, 4) is 11.5 Å². The van der Waals surface area contributed by atoms with E-state index < -0.39 is 30.0 Å². The number of nitrogens with zero attached hydrogens (tertiary/aromatic N) is 3. The van der Waals surface area contributed by atoms with Crippen LogP contribution in [0.3, 0.4) is 0 Å². The molecule has 12 heteroatoms. The normalized spacial score (nSPS) is 18.3. The van der Waals surface area contributed by atoms with Gasteiger partial charge in [-0.3, -0.25) is 14.9 Å². The van der Waals surface area contributed by atoms with Crippen LogP contribution in [-0.2, 0) is 14.3 Å². The summed E-state index contributed by atoms with van der Waals surface area (Å²) in [5, 5.41) is 21.4. The first-order chi connectivity index (χ1) is 17.2. The maximum absolute atomic E-state index is 12.8. The van der Waals surface area contributed by atoms with Crippen LogP contribution in [0.5, 0.6) is 0 Å². The molecule has 1 unspecified atom stereocenters. The molecule has 1 fully saturated rings. The lowest BCUT2D eigenvalue weighted by atomic mass is 9.78. The molecule has 4 rings (SSSR count). The lowest BCUT2D eigenvalue weighted by Crippen LogP contribution is -2.36. The fourth-order valence-corrected chi connectivity index (χ4v) is 4.88. The fourth-order valence-electron chi connectivity index (χ4n) is 4.25. The minimum absolute atomic E-state index is 0.241. The van der Waals surface area contributed by atoms with E-state index in [0.717, 1.165) is 12.8 Å². The number of aliphatic carboxylic acids is 1. The molecule has 2 amide bonds. The van der Waals surface area contributed by atoms with E-state index in [4.69, 9.17) is 9.26 Å². The van der Waals surface area contributed by atoms with Crippen LogP contribution >= 0.6 is 11.3 Å². The molecule has 3 heterocycles. The number of rotatable bonds is 7. The van der Waals surface area contributed by atoms with Crippen molar-refractivity contribution >= 4 is 40.7 Å². The number of carbonyl (C=O) groups is 3. The molecule has 0 aliphatic heterocycles. The summed E-state index contributed by atoms with van der Waals surface area (Å²) >= 11 is 1.39. The summed E-state index contributed by atoms with van der Waals surface area (Å²) in [4.78, 5) is 45.6. The first-order valence-corrected chi connectivity index (χ1v) is 12.5. The van der Waals surface area contributed by atoms with Gasteiger partial charge in [0.2, 0.25) is 11.7 Å². The molecule has 1 aliphatic rings. The number of thiazole rings is 1. The first kappa shape index (κ1) is 25.3. The van der Waals surface area contributed by atoms with Gasteiger partial charge >= 0.3 is 12.1 Å². The van der Waals surface area contributed by atoms with Gasteiger partial charge in [-0.15, -0.1) is 11.3 Å². The molecule has 0 bridgehead atoms. The quantitative estimate of drug-likeness (QED) is 0.398. The van der Waals surface area contributed by atoms with Crippen LogP contribution in [-0.4, -0.2) is 38.2 Å². The number of hydrogen-bond donors (Lipinski definition) is 3. The highest BCUT2D eigenvalue weighted by Crippen LogP contribution is 2.34. The Labute approximate surface area is 211 Å². The second-order valence-corrected chi connectivity index (χ2v) is 9.60. The van der Waals surface area contributed by atoms with Crippen LogP contribution in [0.25, 0.3) is 11.5 Å². The van der Waals surface area contributed by atoms with E-state index >= 15 is 0 Å². The van der Waals surface area contributed by atoms with Gasteiger partial charge in [-0.25, -0.2) is 14.8 Å². The van der Waals surface area contributed by atoms with Gasteiger partial charge in [0.05, 0.1) is 23.2 Å². The Morgan fingerprint density at radius 2 is 1.89 bits per heavy atom. The van der Waals surface area contributed by atoms with Gasteiger partial charge in [-0.2, -0.15) is 0 Å². The van der Waals surface area contributed by atoms with Crippen LogP contribution in [0, 0.1) is 25.7 Å². The summed E-state index contributed by atoms with van der Waals surface area (Å²) in [7, 11) is 0. The number of carboxylic acid groups (broad SMARTS) is 1. The first-order valence-electron chi connectivity index (χ1n) is 11.6. The highest BCUT2D eigenvalue weighted by Gasteiger charge is 2.36. The molecule has 3 aromatic rings. The van der Waals surface area contributed by atoms with Crippen molar-refractivity contribution in [2.75, 3.05) is 10.6 Å². The van der Waals surface area contributed by atoms with Crippen molar-refractivity contribution in [1.82, 2.24) is 15.1 Å². The van der Waals surface area contributed by atoms with Crippen LogP contribution in [0.1, 0.15) is 55.1 Å². The molecule has 3 atom stereocenters. The Kier molecular flexibility index (Phi) is 7.63. The van der Waals surface area contributed by atoms with E-state index in [1.54, 1.807) is 44.5 Å². The summed E-state index contributed by atoms with van der Waals surface area (Å²) < 4.78 is 10.8. The Morgan fingerprint density at radius 1 is 1.14 bits per heavy atom. The highest BCUT2D eigenvalue weighted by atomic mass is 32.1. The number of nitrogens with one attached hydrogen (secondary N) is 2. The number of ether oxygens (including phenoxy) is 1. The summed E-state index contributed by atoms with van der Waals surface area (Å²) in [6, 6.07) is 3.30. The van der Waals surface area contributed by atoms with E-state index in [9.17, 15) is 19.5 Å². The summed E-state index contributed by atoms with van der Waals surface area (Å²) in [6.45, 7) is 5.12. The minimum atomic E-state index is -0.944. The van der Waals surface area contributed by atoms with E-state index in [1.807, 2.05) is 0 Å². The van der Waals surface area contributed by atoms with E-state index in [2.05, 4.69) is 25.8 Å². The molecular weight excluding hydrogens is 486 g/mol. The third-order valence-electron chi connectivity index (χ3n) is 6.17. The maximum Gasteiger partial charge on any atom is 0.412 e. The molecule has 0 spiro atoms. The van der Waals surface area contributed by atoms with Crippen molar-refractivity contribution < 1.29 is 28.8 Å². The zero-order chi connectivity index (χ0) is 25.8. The monoisotopic (exact) mass is 513 g/mol. The summed E-state index contributed by atoms with van der Waals surface area (Å²) in [6.07, 6.45) is 3.09. The smallest absolute Gasteiger partial charge is 0.412 e. The van der Waals surface area contributed by atoms with Crippen LogP contribution in [0.4, 0.5) is 16.2 Å². The number of carbonyl (C=O) groups excluding carboxylic acids is 2. The lowest BCUT2D eigenvalue weighted by molar-refractivity contribution is -0.147. The van der Waals surface area contributed by atoms with Gasteiger partial charge in [0.25, 0.3) is 0 Å². The third-order valence-corrected chi connectivity index (χ3v) is 7.11. The zero-order valence-electron chi connectivity index (χ0n) is 20.1. The van der Waals surface area contributed by atoms with Gasteiger partial charge in [0.1, 0.15) is 22.1 Å². The third kappa shape index (κ3) is 5.54. The number of amides is 2. The van der Waals surface area contributed by atoms with Gasteiger partial charge in [-0.05, 0) is 45.7 Å². The standard InChI is InChI=1S/C24H27N5O6S/c1-12-17(27-21(30)15-6-4-5-7-16(15)23(31)32)8-9-18(26-12)20-19(13(2)29-35-20)28-24(33)34-14(3)22-25-10-11-36-22/h8-11,14-16H,4-7H2,1-3H3,(H,27,30)(H,28,33)(H,31,32)/t14?,15-,16-/m0/s1. The Bertz CT molecular complexity index is 1260. The predicted molar refractivity (Wildman–Crippen MR) is 132 cm³/mol. The fraction of sp³-hybridized carbons (Fsp3) is 0.417. The average Bonchev–Trinajstić information content (AvgIpc) is 3.51. The number of hydrogen-bond acceptors (Lipinski definition) is 9. The van der Waals surface area contributed by atoms with Crippen LogP contribution in [0.15, 0.2) is 28.2 Å². The van der Waals surface area contributed by atoms with Gasteiger partial charge in [0, 0.05) is 11.6 Å². The molecule has 0 aromatic carbocycles. The Balaban J connectivity index is 1.47. The molecule has 36 heavy (non-hydrogen) atoms. The van der Waals surface area contributed by atoms with Gasteiger partial charge in [-0.1, -0.05) is 18.0 Å². The topological polar surface area (TPSA) is 157 Å². The Morgan fingerprint density at radius 3 is 2.56 bits per heavy atom. The molecular formula is C24H27N5O6S. The van der Waals surface area contributed by atoms with Crippen molar-refractivity contribution in [3.05, 3.63) is 40.1 Å². The molecule has 0 radical (unpaired) electrons. The van der Waals surface area contributed by atoms with E-state index in [1.165, 1.54) is 11.3 Å². The SMILES string of the molecule is Cc1nc(-c2onc(C)c2NC(=O)OC(C)c2nccs2)ccc1NC(=O)[C@H]1CCCC[C@@H]1C(=O)O. The summed E-state index contributed by atoms with van der Waals surface area (Å²) in [5.41, 5.74) is 2.14. The van der Waals surface area contributed by atoms with Gasteiger partial charge < -0.3 is 19.7 Å². The van der Waals surface area contributed by atoms with E-state index in [-0.39, 0.29) is 11.7 Å². The predicted octanol–water partition coefficient (Wildman–Crippen LogP) is 4.95. The average molecular weight is 514 g/mol. The van der Waals surface area contributed by atoms with Crippen LogP contribution in [0.2, 0.25) is 0 Å². The molecule has 0 saturated heterocycles. The molecule has 11 nitrogen and oxygen atoms in total. The molecule has 1 saturated carbocycles. The highest BCUT2D eigenvalue weighted by molar-refractivity contribution is 7.09. The number of carboxylic acids is 1. The minimum Gasteiger partial charge on any atom is -0.481 e. The number of aromatic nitrogens is 3. The number of aryl methyl sites for hydroxylation is 2. The van der Waals surface area contributed by atoms with Crippen LogP contribution < -0.4 is 10.6 Å². The number of pyridine rings is 1. The second kappa shape index (κ2) is 10.9.